The Morgan fingerprint density at radius 3 is 2.81 bits per heavy atom. The van der Waals surface area contributed by atoms with Gasteiger partial charge < -0.3 is 0 Å². The molecule has 3 nitrogen and oxygen atoms in total. The minimum absolute atomic E-state index is 0.102. The summed E-state index contributed by atoms with van der Waals surface area (Å²) >= 11 is 3.44. The number of rotatable bonds is 5. The summed E-state index contributed by atoms with van der Waals surface area (Å²) in [4.78, 5) is 20.9. The summed E-state index contributed by atoms with van der Waals surface area (Å²) in [7, 11) is 0. The Kier molecular flexibility index (Phi) is 5.42. The molecule has 0 amide bonds. The first kappa shape index (κ1) is 18.8. The van der Waals surface area contributed by atoms with Gasteiger partial charge in [0.2, 0.25) is 0 Å². The van der Waals surface area contributed by atoms with E-state index in [9.17, 15) is 4.79 Å². The van der Waals surface area contributed by atoms with E-state index in [0.29, 0.717) is 11.8 Å². The first-order valence-corrected chi connectivity index (χ1v) is 11.6. The molecule has 2 aromatic heterocycles. The van der Waals surface area contributed by atoms with Crippen LogP contribution in [-0.4, -0.2) is 15.3 Å². The van der Waals surface area contributed by atoms with E-state index in [4.69, 9.17) is 4.98 Å². The SMILES string of the molecule is CC(C)CCSc1nc2sc3c(c2c(=O)n1-c1ccccc1)CC[C@H](C)C3. The molecule has 1 aliphatic rings. The highest BCUT2D eigenvalue weighted by Crippen LogP contribution is 2.37. The molecule has 3 aromatic rings. The predicted octanol–water partition coefficient (Wildman–Crippen LogP) is 5.71. The van der Waals surface area contributed by atoms with Crippen molar-refractivity contribution in [1.29, 1.82) is 0 Å². The Morgan fingerprint density at radius 1 is 1.30 bits per heavy atom. The highest BCUT2D eigenvalue weighted by atomic mass is 32.2. The van der Waals surface area contributed by atoms with Crippen LogP contribution in [0.25, 0.3) is 15.9 Å². The van der Waals surface area contributed by atoms with Crippen LogP contribution in [0.5, 0.6) is 0 Å². The molecule has 0 bridgehead atoms. The molecule has 1 aromatic carbocycles. The number of thioether (sulfide) groups is 1. The lowest BCUT2D eigenvalue weighted by Crippen LogP contribution is -2.22. The first-order chi connectivity index (χ1) is 13.0. The molecule has 5 heteroatoms. The molecule has 0 radical (unpaired) electrons. The molecule has 0 N–H and O–H groups in total. The normalized spacial score (nSPS) is 16.8. The van der Waals surface area contributed by atoms with E-state index in [-0.39, 0.29) is 5.56 Å². The van der Waals surface area contributed by atoms with Crippen LogP contribution in [0, 0.1) is 11.8 Å². The molecule has 142 valence electrons. The molecule has 0 unspecified atom stereocenters. The molecule has 4 rings (SSSR count). The molecule has 0 saturated heterocycles. The molecule has 0 spiro atoms. The van der Waals surface area contributed by atoms with E-state index >= 15 is 0 Å². The second kappa shape index (κ2) is 7.80. The maximum atomic E-state index is 13.6. The topological polar surface area (TPSA) is 34.9 Å². The number of benzene rings is 1. The quantitative estimate of drug-likeness (QED) is 0.408. The molecule has 27 heavy (non-hydrogen) atoms. The van der Waals surface area contributed by atoms with Crippen molar-refractivity contribution in [1.82, 2.24) is 9.55 Å². The van der Waals surface area contributed by atoms with Crippen LogP contribution in [0.3, 0.4) is 0 Å². The van der Waals surface area contributed by atoms with Gasteiger partial charge in [0.1, 0.15) is 4.83 Å². The van der Waals surface area contributed by atoms with Gasteiger partial charge in [-0.25, -0.2) is 4.98 Å². The smallest absolute Gasteiger partial charge is 0.267 e. The third kappa shape index (κ3) is 3.72. The van der Waals surface area contributed by atoms with Crippen LogP contribution in [0.1, 0.15) is 44.1 Å². The van der Waals surface area contributed by atoms with Gasteiger partial charge >= 0.3 is 0 Å². The van der Waals surface area contributed by atoms with Crippen molar-refractivity contribution in [2.24, 2.45) is 11.8 Å². The summed E-state index contributed by atoms with van der Waals surface area (Å²) in [6.07, 6.45) is 4.36. The Morgan fingerprint density at radius 2 is 2.07 bits per heavy atom. The lowest BCUT2D eigenvalue weighted by molar-refractivity contribution is 0.509. The van der Waals surface area contributed by atoms with Crippen molar-refractivity contribution in [3.05, 3.63) is 51.1 Å². The number of para-hydroxylation sites is 1. The van der Waals surface area contributed by atoms with E-state index in [2.05, 4.69) is 20.8 Å². The van der Waals surface area contributed by atoms with Crippen molar-refractivity contribution >= 4 is 33.3 Å². The Bertz CT molecular complexity index is 1000. The van der Waals surface area contributed by atoms with Gasteiger partial charge in [0, 0.05) is 10.6 Å². The van der Waals surface area contributed by atoms with Crippen molar-refractivity contribution in [3.63, 3.8) is 0 Å². The van der Waals surface area contributed by atoms with Crippen LogP contribution in [-0.2, 0) is 12.8 Å². The molecule has 1 aliphatic carbocycles. The average Bonchev–Trinajstić information content (AvgIpc) is 2.99. The van der Waals surface area contributed by atoms with Gasteiger partial charge in [-0.15, -0.1) is 11.3 Å². The van der Waals surface area contributed by atoms with E-state index in [1.807, 2.05) is 34.9 Å². The Balaban J connectivity index is 1.88. The number of aromatic nitrogens is 2. The number of thiophene rings is 1. The first-order valence-electron chi connectivity index (χ1n) is 9.80. The summed E-state index contributed by atoms with van der Waals surface area (Å²) in [5.74, 6) is 2.32. The number of hydrogen-bond donors (Lipinski definition) is 0. The maximum absolute atomic E-state index is 13.6. The van der Waals surface area contributed by atoms with Gasteiger partial charge in [-0.2, -0.15) is 0 Å². The van der Waals surface area contributed by atoms with E-state index < -0.39 is 0 Å². The lowest BCUT2D eigenvalue weighted by atomic mass is 9.89. The van der Waals surface area contributed by atoms with Gasteiger partial charge in [0.25, 0.3) is 5.56 Å². The largest absolute Gasteiger partial charge is 0.268 e. The third-order valence-electron chi connectivity index (χ3n) is 5.24. The molecular weight excluding hydrogens is 372 g/mol. The van der Waals surface area contributed by atoms with E-state index in [1.165, 1.54) is 10.4 Å². The Labute approximate surface area is 168 Å². The fourth-order valence-electron chi connectivity index (χ4n) is 3.66. The van der Waals surface area contributed by atoms with Gasteiger partial charge in [-0.1, -0.05) is 50.7 Å². The van der Waals surface area contributed by atoms with Crippen LogP contribution in [0.4, 0.5) is 0 Å². The zero-order valence-electron chi connectivity index (χ0n) is 16.2. The van der Waals surface area contributed by atoms with E-state index in [0.717, 1.165) is 52.5 Å². The fourth-order valence-corrected chi connectivity index (χ4v) is 6.33. The number of hydrogen-bond acceptors (Lipinski definition) is 4. The summed E-state index contributed by atoms with van der Waals surface area (Å²) in [6, 6.07) is 9.96. The molecule has 1 atom stereocenters. The van der Waals surface area contributed by atoms with Crippen LogP contribution in [0.2, 0.25) is 0 Å². The number of aryl methyl sites for hydroxylation is 1. The third-order valence-corrected chi connectivity index (χ3v) is 7.36. The zero-order chi connectivity index (χ0) is 19.0. The zero-order valence-corrected chi connectivity index (χ0v) is 17.8. The maximum Gasteiger partial charge on any atom is 0.267 e. The summed E-state index contributed by atoms with van der Waals surface area (Å²) in [6.45, 7) is 6.77. The van der Waals surface area contributed by atoms with Gasteiger partial charge in [-0.3, -0.25) is 9.36 Å². The average molecular weight is 399 g/mol. The summed E-state index contributed by atoms with van der Waals surface area (Å²) in [5.41, 5.74) is 2.27. The van der Waals surface area contributed by atoms with Crippen molar-refractivity contribution < 1.29 is 0 Å². The molecule has 0 saturated carbocycles. The molecule has 0 fully saturated rings. The van der Waals surface area contributed by atoms with Crippen molar-refractivity contribution in [3.8, 4) is 5.69 Å². The lowest BCUT2D eigenvalue weighted by Gasteiger charge is -2.18. The molecular formula is C22H26N2OS2. The monoisotopic (exact) mass is 398 g/mol. The fraction of sp³-hybridized carbons (Fsp3) is 0.455. The number of fused-ring (bicyclic) bond motifs is 3. The van der Waals surface area contributed by atoms with Gasteiger partial charge in [-0.05, 0) is 55.2 Å². The molecule has 0 aliphatic heterocycles. The second-order valence-corrected chi connectivity index (χ2v) is 10.1. The van der Waals surface area contributed by atoms with Crippen molar-refractivity contribution in [2.45, 2.75) is 51.6 Å². The second-order valence-electron chi connectivity index (χ2n) is 7.93. The van der Waals surface area contributed by atoms with Gasteiger partial charge in [0.05, 0.1) is 11.1 Å². The molecule has 2 heterocycles. The predicted molar refractivity (Wildman–Crippen MR) is 117 cm³/mol. The van der Waals surface area contributed by atoms with E-state index in [1.54, 1.807) is 23.1 Å². The van der Waals surface area contributed by atoms with Gasteiger partial charge in [0.15, 0.2) is 5.16 Å². The highest BCUT2D eigenvalue weighted by molar-refractivity contribution is 7.99. The summed E-state index contributed by atoms with van der Waals surface area (Å²) < 4.78 is 1.83. The minimum atomic E-state index is 0.102. The Hall–Kier alpha value is -1.59. The summed E-state index contributed by atoms with van der Waals surface area (Å²) in [5, 5.41) is 1.69. The van der Waals surface area contributed by atoms with Crippen LogP contribution in [0.15, 0.2) is 40.3 Å². The number of nitrogens with zero attached hydrogens (tertiary/aromatic N) is 2. The van der Waals surface area contributed by atoms with Crippen LogP contribution >= 0.6 is 23.1 Å². The minimum Gasteiger partial charge on any atom is -0.268 e. The van der Waals surface area contributed by atoms with Crippen LogP contribution < -0.4 is 5.56 Å². The van der Waals surface area contributed by atoms with Crippen molar-refractivity contribution in [2.75, 3.05) is 5.75 Å². The standard InChI is InChI=1S/C22H26N2OS2/c1-14(2)11-12-26-22-23-20-19(17-10-9-15(3)13-18(17)27-20)21(25)24(22)16-7-5-4-6-8-16/h4-8,14-15H,9-13H2,1-3H3/t15-/m0/s1. The highest BCUT2D eigenvalue weighted by Gasteiger charge is 2.25.